The second-order valence-electron chi connectivity index (χ2n) is 10.4. The molecule has 0 aromatic heterocycles. The number of carbonyl (C=O) groups is 2. The van der Waals surface area contributed by atoms with Crippen LogP contribution in [-0.4, -0.2) is 28.3 Å². The van der Waals surface area contributed by atoms with E-state index in [1.165, 1.54) is 10.0 Å². The molecule has 7 heteroatoms. The first-order valence-corrected chi connectivity index (χ1v) is 12.8. The molecule has 0 aliphatic carbocycles. The van der Waals surface area contributed by atoms with Gasteiger partial charge in [-0.3, -0.25) is 9.59 Å². The summed E-state index contributed by atoms with van der Waals surface area (Å²) in [4.78, 5) is 28.0. The molecule has 0 saturated carbocycles. The van der Waals surface area contributed by atoms with Crippen LogP contribution < -0.4 is 10.0 Å². The molecule has 7 nitrogen and oxygen atoms in total. The number of rotatable bonds is 5. The maximum Gasteiger partial charge on any atom is 0.256 e. The molecule has 2 aliphatic rings. The van der Waals surface area contributed by atoms with E-state index >= 15 is 0 Å². The molecule has 2 amide bonds. The van der Waals surface area contributed by atoms with Gasteiger partial charge >= 0.3 is 0 Å². The largest absolute Gasteiger partial charge is 0.508 e. The van der Waals surface area contributed by atoms with E-state index in [1.807, 2.05) is 84.0 Å². The summed E-state index contributed by atoms with van der Waals surface area (Å²) in [6, 6.07) is 18.4. The summed E-state index contributed by atoms with van der Waals surface area (Å²) in [5.74, 6) is -2.32. The Morgan fingerprint density at radius 3 is 1.55 bits per heavy atom. The number of carbonyl (C=O) groups excluding carboxylic acids is 2. The summed E-state index contributed by atoms with van der Waals surface area (Å²) in [5, 5.41) is 22.5. The van der Waals surface area contributed by atoms with E-state index in [1.54, 1.807) is 18.2 Å². The number of amides is 2. The number of anilines is 2. The van der Waals surface area contributed by atoms with Crippen LogP contribution in [0.4, 0.5) is 11.4 Å². The molecule has 2 unspecified atom stereocenters. The average Bonchev–Trinajstić information content (AvgIpc) is 3.33. The first-order valence-electron chi connectivity index (χ1n) is 12.8. The number of aromatic hydroxyl groups is 1. The molecule has 2 heterocycles. The number of phenols is 1. The number of nitrogens with zero attached hydrogens (tertiary/aromatic N) is 4. The first kappa shape index (κ1) is 25.4. The highest BCUT2D eigenvalue weighted by Gasteiger charge is 2.50. The fourth-order valence-corrected chi connectivity index (χ4v) is 5.38. The van der Waals surface area contributed by atoms with Gasteiger partial charge in [0.25, 0.3) is 11.8 Å². The van der Waals surface area contributed by atoms with E-state index in [0.29, 0.717) is 28.4 Å². The second kappa shape index (κ2) is 9.56. The molecule has 3 aromatic carbocycles. The van der Waals surface area contributed by atoms with Crippen molar-refractivity contribution in [2.75, 3.05) is 10.0 Å². The van der Waals surface area contributed by atoms with E-state index in [4.69, 9.17) is 0 Å². The quantitative estimate of drug-likeness (QED) is 0.474. The lowest BCUT2D eigenvalue weighted by atomic mass is 9.73. The van der Waals surface area contributed by atoms with Crippen LogP contribution in [0.1, 0.15) is 47.6 Å². The van der Waals surface area contributed by atoms with Crippen LogP contribution in [0.25, 0.3) is 0 Å². The predicted molar refractivity (Wildman–Crippen MR) is 151 cm³/mol. The van der Waals surface area contributed by atoms with E-state index in [0.717, 1.165) is 22.3 Å². The number of hydrogen-bond acceptors (Lipinski definition) is 5. The number of aryl methyl sites for hydroxylation is 4. The monoisotopic (exact) mass is 508 g/mol. The highest BCUT2D eigenvalue weighted by atomic mass is 16.3. The molecular formula is C31H32N4O3. The zero-order valence-corrected chi connectivity index (χ0v) is 22.6. The maximum atomic E-state index is 14.0. The minimum atomic E-state index is -0.697. The third-order valence-corrected chi connectivity index (χ3v) is 7.81. The van der Waals surface area contributed by atoms with Crippen LogP contribution in [0, 0.1) is 39.5 Å². The van der Waals surface area contributed by atoms with Crippen molar-refractivity contribution in [3.63, 3.8) is 0 Å². The Kier molecular flexibility index (Phi) is 6.39. The van der Waals surface area contributed by atoms with E-state index in [9.17, 15) is 14.7 Å². The summed E-state index contributed by atoms with van der Waals surface area (Å²) in [6.45, 7) is 11.7. The average molecular weight is 509 g/mol. The number of hydrogen-bond donors (Lipinski definition) is 1. The molecule has 1 N–H and O–H groups in total. The van der Waals surface area contributed by atoms with Crippen molar-refractivity contribution in [2.45, 2.75) is 47.5 Å². The van der Waals surface area contributed by atoms with Gasteiger partial charge in [0, 0.05) is 17.3 Å². The first-order chi connectivity index (χ1) is 18.1. The van der Waals surface area contributed by atoms with Crippen LogP contribution in [0.3, 0.4) is 0 Å². The molecule has 194 valence electrons. The van der Waals surface area contributed by atoms with Crippen LogP contribution >= 0.6 is 0 Å². The van der Waals surface area contributed by atoms with Crippen molar-refractivity contribution in [1.29, 1.82) is 0 Å². The van der Waals surface area contributed by atoms with E-state index in [-0.39, 0.29) is 17.6 Å². The maximum absolute atomic E-state index is 14.0. The number of benzene rings is 3. The smallest absolute Gasteiger partial charge is 0.256 e. The predicted octanol–water partition coefficient (Wildman–Crippen LogP) is 5.79. The van der Waals surface area contributed by atoms with Gasteiger partial charge < -0.3 is 5.11 Å². The summed E-state index contributed by atoms with van der Waals surface area (Å²) in [6.07, 6.45) is 0. The van der Waals surface area contributed by atoms with Crippen molar-refractivity contribution < 1.29 is 14.7 Å². The zero-order chi connectivity index (χ0) is 27.3. The SMILES string of the molecule is CC1=NN(c2ccc(C)c(C)c2)C(=O)C1C(c1cccc(O)c1)C1C(=O)N(c2ccc(C)c(C)c2)N=C1C. The van der Waals surface area contributed by atoms with Crippen LogP contribution in [0.5, 0.6) is 5.75 Å². The Hall–Kier alpha value is -4.26. The molecule has 2 atom stereocenters. The standard InChI is InChI=1S/C31H32N4O3/c1-17-10-12-24(14-19(17)3)34-30(37)27(21(5)32-34)29(23-8-7-9-26(36)16-23)28-22(6)33-35(31(28)38)25-13-11-18(2)20(4)15-25/h7-16,27-29,36H,1-6H3. The molecule has 0 bridgehead atoms. The molecule has 2 aliphatic heterocycles. The molecule has 0 saturated heterocycles. The second-order valence-corrected chi connectivity index (χ2v) is 10.4. The lowest BCUT2D eigenvalue weighted by Gasteiger charge is -2.29. The molecule has 0 radical (unpaired) electrons. The third kappa shape index (κ3) is 4.28. The topological polar surface area (TPSA) is 85.6 Å². The highest BCUT2D eigenvalue weighted by molar-refractivity contribution is 6.19. The Morgan fingerprint density at radius 2 is 1.13 bits per heavy atom. The summed E-state index contributed by atoms with van der Waals surface area (Å²) >= 11 is 0. The van der Waals surface area contributed by atoms with Gasteiger partial charge in [-0.25, -0.2) is 10.0 Å². The minimum Gasteiger partial charge on any atom is -0.508 e. The third-order valence-electron chi connectivity index (χ3n) is 7.81. The zero-order valence-electron chi connectivity index (χ0n) is 22.6. The van der Waals surface area contributed by atoms with Crippen LogP contribution in [0.15, 0.2) is 70.9 Å². The lowest BCUT2D eigenvalue weighted by Crippen LogP contribution is -2.40. The highest BCUT2D eigenvalue weighted by Crippen LogP contribution is 2.43. The normalized spacial score (nSPS) is 20.2. The van der Waals surface area contributed by atoms with E-state index < -0.39 is 17.8 Å². The van der Waals surface area contributed by atoms with Crippen molar-refractivity contribution in [3.8, 4) is 5.75 Å². The molecule has 0 spiro atoms. The molecule has 0 fully saturated rings. The van der Waals surface area contributed by atoms with Gasteiger partial charge in [-0.1, -0.05) is 24.3 Å². The fourth-order valence-electron chi connectivity index (χ4n) is 5.38. The van der Waals surface area contributed by atoms with Gasteiger partial charge in [-0.15, -0.1) is 0 Å². The van der Waals surface area contributed by atoms with Gasteiger partial charge in [0.2, 0.25) is 0 Å². The molecular weight excluding hydrogens is 476 g/mol. The lowest BCUT2D eigenvalue weighted by molar-refractivity contribution is -0.122. The Morgan fingerprint density at radius 1 is 0.658 bits per heavy atom. The molecule has 3 aromatic rings. The minimum absolute atomic E-state index is 0.0737. The van der Waals surface area contributed by atoms with Crippen molar-refractivity contribution >= 4 is 34.6 Å². The van der Waals surface area contributed by atoms with Crippen molar-refractivity contribution in [2.24, 2.45) is 22.0 Å². The van der Waals surface area contributed by atoms with Crippen molar-refractivity contribution in [3.05, 3.63) is 88.5 Å². The van der Waals surface area contributed by atoms with Crippen molar-refractivity contribution in [1.82, 2.24) is 0 Å². The fraction of sp³-hybridized carbons (Fsp3) is 0.290. The number of hydrazone groups is 2. The van der Waals surface area contributed by atoms with E-state index in [2.05, 4.69) is 10.2 Å². The van der Waals surface area contributed by atoms with Gasteiger partial charge in [-0.2, -0.15) is 10.2 Å². The summed E-state index contributed by atoms with van der Waals surface area (Å²) < 4.78 is 0. The van der Waals surface area contributed by atoms with Gasteiger partial charge in [0.1, 0.15) is 5.75 Å². The molecule has 5 rings (SSSR count). The Balaban J connectivity index is 1.57. The summed E-state index contributed by atoms with van der Waals surface area (Å²) in [5.41, 5.74) is 7.69. The van der Waals surface area contributed by atoms with Gasteiger partial charge in [0.15, 0.2) is 0 Å². The molecule has 38 heavy (non-hydrogen) atoms. The van der Waals surface area contributed by atoms with Gasteiger partial charge in [0.05, 0.1) is 23.2 Å². The Bertz CT molecular complexity index is 1430. The number of phenolic OH excluding ortho intramolecular Hbond substituents is 1. The Labute approximate surface area is 223 Å². The van der Waals surface area contributed by atoms with Crippen LogP contribution in [0.2, 0.25) is 0 Å². The summed E-state index contributed by atoms with van der Waals surface area (Å²) in [7, 11) is 0. The van der Waals surface area contributed by atoms with Crippen LogP contribution in [-0.2, 0) is 9.59 Å². The van der Waals surface area contributed by atoms with Gasteiger partial charge in [-0.05, 0) is 106 Å².